The van der Waals surface area contributed by atoms with E-state index in [1.54, 1.807) is 24.3 Å². The molecule has 196 valence electrons. The van der Waals surface area contributed by atoms with Gasteiger partial charge in [-0.25, -0.2) is 0 Å². The molecule has 2 fully saturated rings. The van der Waals surface area contributed by atoms with Gasteiger partial charge in [0.15, 0.2) is 5.84 Å². The van der Waals surface area contributed by atoms with Crippen molar-refractivity contribution < 1.29 is 32.4 Å². The van der Waals surface area contributed by atoms with Crippen LogP contribution in [-0.4, -0.2) is 41.8 Å². The number of aromatic nitrogens is 1. The Morgan fingerprint density at radius 1 is 1.08 bits per heavy atom. The first kappa shape index (κ1) is 24.9. The molecular weight excluding hydrogens is 489 g/mol. The molecule has 2 aromatic carbocycles. The van der Waals surface area contributed by atoms with Crippen molar-refractivity contribution in [2.75, 3.05) is 18.0 Å². The van der Waals surface area contributed by atoms with Crippen LogP contribution in [0.15, 0.2) is 58.2 Å². The second-order valence-electron chi connectivity index (χ2n) is 9.22. The summed E-state index contributed by atoms with van der Waals surface area (Å²) in [6.45, 7) is 1.76. The SMILES string of the molecule is N/C(=N\O)c1ccc(N2CCC(OCc3c(-c4ccccc4OC(F)(F)F)noc3C3CC3)CC2)cc1. The van der Waals surface area contributed by atoms with E-state index in [9.17, 15) is 13.2 Å². The Morgan fingerprint density at radius 2 is 1.78 bits per heavy atom. The summed E-state index contributed by atoms with van der Waals surface area (Å²) in [5, 5.41) is 16.0. The Bertz CT molecular complexity index is 1250. The second-order valence-corrected chi connectivity index (χ2v) is 9.22. The minimum absolute atomic E-state index is 0.0100. The van der Waals surface area contributed by atoms with Gasteiger partial charge < -0.3 is 29.8 Å². The molecule has 37 heavy (non-hydrogen) atoms. The van der Waals surface area contributed by atoms with Gasteiger partial charge in [0.1, 0.15) is 17.2 Å². The number of oxime groups is 1. The van der Waals surface area contributed by atoms with Crippen molar-refractivity contribution in [3.8, 4) is 17.0 Å². The van der Waals surface area contributed by atoms with Gasteiger partial charge in [-0.2, -0.15) is 0 Å². The van der Waals surface area contributed by atoms with Crippen LogP contribution in [0.2, 0.25) is 0 Å². The summed E-state index contributed by atoms with van der Waals surface area (Å²) in [4.78, 5) is 2.24. The highest BCUT2D eigenvalue weighted by Crippen LogP contribution is 2.45. The lowest BCUT2D eigenvalue weighted by Gasteiger charge is -2.33. The number of amidine groups is 1. The maximum atomic E-state index is 13.0. The molecule has 5 rings (SSSR count). The van der Waals surface area contributed by atoms with Gasteiger partial charge in [-0.15, -0.1) is 13.2 Å². The quantitative estimate of drug-likeness (QED) is 0.179. The van der Waals surface area contributed by atoms with Crippen LogP contribution in [0.4, 0.5) is 18.9 Å². The summed E-state index contributed by atoms with van der Waals surface area (Å²) >= 11 is 0. The first-order valence-corrected chi connectivity index (χ1v) is 12.1. The lowest BCUT2D eigenvalue weighted by Crippen LogP contribution is -2.37. The lowest BCUT2D eigenvalue weighted by atomic mass is 10.0. The largest absolute Gasteiger partial charge is 0.573 e. The van der Waals surface area contributed by atoms with Crippen LogP contribution in [0.25, 0.3) is 11.3 Å². The molecule has 1 saturated carbocycles. The number of hydrogen-bond acceptors (Lipinski definition) is 7. The molecule has 11 heteroatoms. The van der Waals surface area contributed by atoms with Gasteiger partial charge in [0.25, 0.3) is 0 Å². The molecule has 0 amide bonds. The molecule has 0 radical (unpaired) electrons. The molecule has 0 bridgehead atoms. The van der Waals surface area contributed by atoms with Crippen LogP contribution < -0.4 is 15.4 Å². The van der Waals surface area contributed by atoms with Crippen molar-refractivity contribution >= 4 is 11.5 Å². The third-order valence-corrected chi connectivity index (χ3v) is 6.68. The Hall–Kier alpha value is -3.73. The average molecular weight is 517 g/mol. The predicted molar refractivity (Wildman–Crippen MR) is 130 cm³/mol. The zero-order chi connectivity index (χ0) is 26.0. The molecule has 0 atom stereocenters. The van der Waals surface area contributed by atoms with Gasteiger partial charge in [0.05, 0.1) is 12.7 Å². The van der Waals surface area contributed by atoms with E-state index in [1.807, 2.05) is 12.1 Å². The summed E-state index contributed by atoms with van der Waals surface area (Å²) in [5.74, 6) is 0.633. The van der Waals surface area contributed by atoms with Crippen molar-refractivity contribution in [1.29, 1.82) is 0 Å². The van der Waals surface area contributed by atoms with Gasteiger partial charge >= 0.3 is 6.36 Å². The molecule has 3 N–H and O–H groups in total. The summed E-state index contributed by atoms with van der Waals surface area (Å²) in [6, 6.07) is 13.4. The number of nitrogens with zero attached hydrogens (tertiary/aromatic N) is 3. The van der Waals surface area contributed by atoms with Gasteiger partial charge in [-0.05, 0) is 62.1 Å². The number of para-hydroxylation sites is 1. The summed E-state index contributed by atoms with van der Waals surface area (Å²) in [6.07, 6.45) is -1.35. The van der Waals surface area contributed by atoms with Crippen molar-refractivity contribution in [3.63, 3.8) is 0 Å². The highest BCUT2D eigenvalue weighted by Gasteiger charge is 2.36. The number of benzene rings is 2. The number of hydrogen-bond donors (Lipinski definition) is 2. The third kappa shape index (κ3) is 5.82. The maximum absolute atomic E-state index is 13.0. The van der Waals surface area contributed by atoms with Crippen LogP contribution in [0, 0.1) is 0 Å². The predicted octanol–water partition coefficient (Wildman–Crippen LogP) is 5.40. The fourth-order valence-electron chi connectivity index (χ4n) is 4.60. The fraction of sp³-hybridized carbons (Fsp3) is 0.385. The molecule has 2 heterocycles. The van der Waals surface area contributed by atoms with Gasteiger partial charge in [0, 0.05) is 41.4 Å². The number of alkyl halides is 3. The van der Waals surface area contributed by atoms with E-state index in [2.05, 4.69) is 19.9 Å². The number of piperidine rings is 1. The highest BCUT2D eigenvalue weighted by atomic mass is 19.4. The molecule has 0 unspecified atom stereocenters. The minimum atomic E-state index is -4.82. The van der Waals surface area contributed by atoms with Crippen molar-refractivity contribution in [2.24, 2.45) is 10.9 Å². The lowest BCUT2D eigenvalue weighted by molar-refractivity contribution is -0.274. The van der Waals surface area contributed by atoms with E-state index in [4.69, 9.17) is 20.2 Å². The van der Waals surface area contributed by atoms with E-state index >= 15 is 0 Å². The number of anilines is 1. The Balaban J connectivity index is 1.26. The van der Waals surface area contributed by atoms with E-state index in [-0.39, 0.29) is 35.8 Å². The molecule has 3 aromatic rings. The first-order chi connectivity index (χ1) is 17.8. The van der Waals surface area contributed by atoms with Crippen LogP contribution in [-0.2, 0) is 11.3 Å². The van der Waals surface area contributed by atoms with Crippen LogP contribution in [0.1, 0.15) is 48.5 Å². The normalized spacial score (nSPS) is 17.3. The number of rotatable bonds is 8. The smallest absolute Gasteiger partial charge is 0.409 e. The highest BCUT2D eigenvalue weighted by molar-refractivity contribution is 5.97. The van der Waals surface area contributed by atoms with Crippen molar-refractivity contribution in [2.45, 2.75) is 50.7 Å². The zero-order valence-electron chi connectivity index (χ0n) is 19.9. The van der Waals surface area contributed by atoms with Crippen LogP contribution in [0.5, 0.6) is 5.75 Å². The maximum Gasteiger partial charge on any atom is 0.573 e. The minimum Gasteiger partial charge on any atom is -0.409 e. The number of nitrogens with two attached hydrogens (primary N) is 1. The topological polar surface area (TPSA) is 106 Å². The molecule has 1 saturated heterocycles. The Labute approximate surface area is 211 Å². The van der Waals surface area contributed by atoms with E-state index in [0.29, 0.717) is 22.6 Å². The summed E-state index contributed by atoms with van der Waals surface area (Å²) in [5.41, 5.74) is 8.54. The molecule has 0 spiro atoms. The first-order valence-electron chi connectivity index (χ1n) is 12.1. The molecule has 1 aliphatic carbocycles. The molecule has 1 aromatic heterocycles. The average Bonchev–Trinajstić information content (AvgIpc) is 3.66. The van der Waals surface area contributed by atoms with E-state index in [1.165, 1.54) is 12.1 Å². The number of halogens is 3. The molecule has 8 nitrogen and oxygen atoms in total. The van der Waals surface area contributed by atoms with Gasteiger partial charge in [-0.3, -0.25) is 0 Å². The van der Waals surface area contributed by atoms with Crippen molar-refractivity contribution in [1.82, 2.24) is 5.16 Å². The molecule has 2 aliphatic rings. The van der Waals surface area contributed by atoms with Crippen LogP contribution in [0.3, 0.4) is 0 Å². The van der Waals surface area contributed by atoms with E-state index in [0.717, 1.165) is 44.5 Å². The monoisotopic (exact) mass is 516 g/mol. The Morgan fingerprint density at radius 3 is 2.43 bits per heavy atom. The zero-order valence-corrected chi connectivity index (χ0v) is 19.9. The number of ether oxygens (including phenoxy) is 2. The Kier molecular flexibility index (Phi) is 6.96. The second kappa shape index (κ2) is 10.3. The fourth-order valence-corrected chi connectivity index (χ4v) is 4.60. The van der Waals surface area contributed by atoms with Crippen molar-refractivity contribution in [3.05, 3.63) is 65.4 Å². The van der Waals surface area contributed by atoms with Gasteiger partial charge in [0.2, 0.25) is 0 Å². The van der Waals surface area contributed by atoms with Crippen LogP contribution >= 0.6 is 0 Å². The molecular formula is C26H27F3N4O4. The summed E-state index contributed by atoms with van der Waals surface area (Å²) < 4.78 is 55.0. The third-order valence-electron chi connectivity index (χ3n) is 6.68. The van der Waals surface area contributed by atoms with E-state index < -0.39 is 6.36 Å². The molecule has 1 aliphatic heterocycles. The standard InChI is InChI=1S/C26H27F3N4O4/c27-26(28,29)36-22-4-2-1-3-20(22)23-21(24(37-32-23)16-5-6-16)15-35-19-11-13-33(14-12-19)18-9-7-17(8-10-18)25(30)31-34/h1-4,7-10,16,19,34H,5-6,11-15H2,(H2,30,31). The van der Waals surface area contributed by atoms with Gasteiger partial charge in [-0.1, -0.05) is 22.4 Å². The summed E-state index contributed by atoms with van der Waals surface area (Å²) in [7, 11) is 0.